The van der Waals surface area contributed by atoms with Crippen LogP contribution in [0.15, 0.2) is 18.2 Å². The van der Waals surface area contributed by atoms with Crippen LogP contribution in [0.1, 0.15) is 24.2 Å². The Labute approximate surface area is 122 Å². The fraction of sp³-hybridized carbons (Fsp3) is 0.429. The molecule has 116 valence electrons. The zero-order chi connectivity index (χ0) is 15.8. The lowest BCUT2D eigenvalue weighted by Gasteiger charge is -2.11. The molecule has 7 heteroatoms. The summed E-state index contributed by atoms with van der Waals surface area (Å²) >= 11 is 0. The quantitative estimate of drug-likeness (QED) is 0.674. The Bertz CT molecular complexity index is 506. The minimum Gasteiger partial charge on any atom is -0.478 e. The van der Waals surface area contributed by atoms with E-state index < -0.39 is 17.8 Å². The van der Waals surface area contributed by atoms with E-state index in [0.29, 0.717) is 19.1 Å². The van der Waals surface area contributed by atoms with Gasteiger partial charge < -0.3 is 20.5 Å². The molecular weight excluding hydrogens is 279 g/mol. The second-order valence-corrected chi connectivity index (χ2v) is 4.82. The van der Waals surface area contributed by atoms with Crippen molar-refractivity contribution >= 4 is 17.7 Å². The maximum atomic E-state index is 13.6. The predicted octanol–water partition coefficient (Wildman–Crippen LogP) is 2.32. The van der Waals surface area contributed by atoms with Crippen LogP contribution < -0.4 is 10.6 Å². The van der Waals surface area contributed by atoms with E-state index in [2.05, 4.69) is 10.6 Å². The normalized spacial score (nSPS) is 10.5. The highest BCUT2D eigenvalue weighted by Gasteiger charge is 2.16. The van der Waals surface area contributed by atoms with E-state index in [1.165, 1.54) is 12.1 Å². The molecule has 0 heterocycles. The summed E-state index contributed by atoms with van der Waals surface area (Å²) in [5.74, 6) is -1.72. The summed E-state index contributed by atoms with van der Waals surface area (Å²) in [5.41, 5.74) is -0.660. The Balaban J connectivity index is 2.50. The lowest BCUT2D eigenvalue weighted by molar-refractivity contribution is 0.0697. The number of aromatic carboxylic acids is 1. The van der Waals surface area contributed by atoms with Crippen molar-refractivity contribution in [3.63, 3.8) is 0 Å². The van der Waals surface area contributed by atoms with Crippen molar-refractivity contribution in [2.45, 2.75) is 13.8 Å². The molecule has 0 aromatic heterocycles. The van der Waals surface area contributed by atoms with E-state index in [1.54, 1.807) is 0 Å². The molecule has 0 aliphatic carbocycles. The Morgan fingerprint density at radius 3 is 2.71 bits per heavy atom. The first kappa shape index (κ1) is 16.9. The number of halogens is 1. The smallest absolute Gasteiger partial charge is 0.337 e. The van der Waals surface area contributed by atoms with Gasteiger partial charge in [-0.1, -0.05) is 19.9 Å². The van der Waals surface area contributed by atoms with E-state index >= 15 is 0 Å². The van der Waals surface area contributed by atoms with E-state index in [9.17, 15) is 14.0 Å². The highest BCUT2D eigenvalue weighted by Crippen LogP contribution is 2.19. The van der Waals surface area contributed by atoms with Gasteiger partial charge in [-0.2, -0.15) is 0 Å². The van der Waals surface area contributed by atoms with Crippen LogP contribution in [0, 0.1) is 11.7 Å². The first-order valence-electron chi connectivity index (χ1n) is 6.56. The van der Waals surface area contributed by atoms with Crippen LogP contribution in [0.25, 0.3) is 0 Å². The van der Waals surface area contributed by atoms with Crippen molar-refractivity contribution in [3.05, 3.63) is 29.6 Å². The van der Waals surface area contributed by atoms with Gasteiger partial charge in [-0.05, 0) is 18.1 Å². The summed E-state index contributed by atoms with van der Waals surface area (Å²) in [4.78, 5) is 22.6. The summed E-state index contributed by atoms with van der Waals surface area (Å²) in [6, 6.07) is 2.87. The Morgan fingerprint density at radius 2 is 2.10 bits per heavy atom. The molecule has 0 atom stereocenters. The molecule has 0 aliphatic heterocycles. The summed E-state index contributed by atoms with van der Waals surface area (Å²) in [7, 11) is 0. The molecule has 21 heavy (non-hydrogen) atoms. The SMILES string of the molecule is CC(C)COCCNC(=O)Nc1c(F)cccc1C(=O)O. The van der Waals surface area contributed by atoms with Gasteiger partial charge >= 0.3 is 12.0 Å². The Morgan fingerprint density at radius 1 is 1.38 bits per heavy atom. The number of amides is 2. The van der Waals surface area contributed by atoms with Gasteiger partial charge in [-0.3, -0.25) is 0 Å². The molecule has 1 aromatic carbocycles. The summed E-state index contributed by atoms with van der Waals surface area (Å²) in [6.07, 6.45) is 0. The first-order chi connectivity index (χ1) is 9.91. The zero-order valence-corrected chi connectivity index (χ0v) is 12.0. The van der Waals surface area contributed by atoms with Crippen LogP contribution in [0.5, 0.6) is 0 Å². The van der Waals surface area contributed by atoms with Gasteiger partial charge in [0.25, 0.3) is 0 Å². The number of carbonyl (C=O) groups excluding carboxylic acids is 1. The van der Waals surface area contributed by atoms with Gasteiger partial charge in [0.15, 0.2) is 0 Å². The van der Waals surface area contributed by atoms with Crippen LogP contribution in [0.4, 0.5) is 14.9 Å². The number of rotatable bonds is 7. The van der Waals surface area contributed by atoms with Crippen LogP contribution >= 0.6 is 0 Å². The fourth-order valence-corrected chi connectivity index (χ4v) is 1.54. The molecule has 3 N–H and O–H groups in total. The molecule has 0 fully saturated rings. The molecule has 0 saturated carbocycles. The van der Waals surface area contributed by atoms with Crippen molar-refractivity contribution < 1.29 is 23.8 Å². The number of hydrogen-bond donors (Lipinski definition) is 3. The lowest BCUT2D eigenvalue weighted by Crippen LogP contribution is -2.32. The third-order valence-corrected chi connectivity index (χ3v) is 2.47. The molecule has 0 saturated heterocycles. The minimum absolute atomic E-state index is 0.245. The number of benzene rings is 1. The summed E-state index contributed by atoms with van der Waals surface area (Å²) < 4.78 is 18.8. The molecule has 0 radical (unpaired) electrons. The molecule has 1 rings (SSSR count). The monoisotopic (exact) mass is 298 g/mol. The number of para-hydroxylation sites is 1. The van der Waals surface area contributed by atoms with E-state index in [0.717, 1.165) is 6.07 Å². The number of nitrogens with one attached hydrogen (secondary N) is 2. The Kier molecular flexibility index (Phi) is 6.61. The van der Waals surface area contributed by atoms with E-state index in [1.807, 2.05) is 13.8 Å². The lowest BCUT2D eigenvalue weighted by atomic mass is 10.1. The van der Waals surface area contributed by atoms with Crippen LogP contribution in [-0.4, -0.2) is 36.9 Å². The maximum absolute atomic E-state index is 13.6. The standard InChI is InChI=1S/C14H19FN2O4/c1-9(2)8-21-7-6-16-14(20)17-12-10(13(18)19)4-3-5-11(12)15/h3-5,9H,6-8H2,1-2H3,(H,18,19)(H2,16,17,20). The molecule has 0 unspecified atom stereocenters. The fourth-order valence-electron chi connectivity index (χ4n) is 1.54. The van der Waals surface area contributed by atoms with Gasteiger partial charge in [0.05, 0.1) is 17.9 Å². The molecule has 0 bridgehead atoms. The molecular formula is C14H19FN2O4. The number of anilines is 1. The van der Waals surface area contributed by atoms with Gasteiger partial charge in [0.2, 0.25) is 0 Å². The number of hydrogen-bond acceptors (Lipinski definition) is 3. The van der Waals surface area contributed by atoms with E-state index in [-0.39, 0.29) is 17.8 Å². The Hall–Kier alpha value is -2.15. The number of carboxylic acid groups (broad SMARTS) is 1. The van der Waals surface area contributed by atoms with Crippen LogP contribution in [0.2, 0.25) is 0 Å². The van der Waals surface area contributed by atoms with Gasteiger partial charge in [-0.15, -0.1) is 0 Å². The largest absolute Gasteiger partial charge is 0.478 e. The van der Waals surface area contributed by atoms with Crippen molar-refractivity contribution in [2.24, 2.45) is 5.92 Å². The topological polar surface area (TPSA) is 87.7 Å². The van der Waals surface area contributed by atoms with Crippen molar-refractivity contribution in [1.29, 1.82) is 0 Å². The predicted molar refractivity (Wildman–Crippen MR) is 76.0 cm³/mol. The molecule has 6 nitrogen and oxygen atoms in total. The van der Waals surface area contributed by atoms with Gasteiger partial charge in [0, 0.05) is 13.2 Å². The highest BCUT2D eigenvalue weighted by molar-refractivity contribution is 6.00. The highest BCUT2D eigenvalue weighted by atomic mass is 19.1. The average molecular weight is 298 g/mol. The third-order valence-electron chi connectivity index (χ3n) is 2.47. The first-order valence-corrected chi connectivity index (χ1v) is 6.56. The second kappa shape index (κ2) is 8.21. The van der Waals surface area contributed by atoms with Crippen LogP contribution in [-0.2, 0) is 4.74 Å². The number of ether oxygens (including phenoxy) is 1. The minimum atomic E-state index is -1.31. The molecule has 0 aliphatic rings. The van der Waals surface area contributed by atoms with Crippen molar-refractivity contribution in [1.82, 2.24) is 5.32 Å². The van der Waals surface area contributed by atoms with Gasteiger partial charge in [-0.25, -0.2) is 14.0 Å². The van der Waals surface area contributed by atoms with E-state index in [4.69, 9.17) is 9.84 Å². The molecule has 2 amide bonds. The van der Waals surface area contributed by atoms with Crippen molar-refractivity contribution in [3.8, 4) is 0 Å². The number of urea groups is 1. The maximum Gasteiger partial charge on any atom is 0.337 e. The zero-order valence-electron chi connectivity index (χ0n) is 12.0. The average Bonchev–Trinajstić information content (AvgIpc) is 2.40. The third kappa shape index (κ3) is 5.78. The molecule has 1 aromatic rings. The van der Waals surface area contributed by atoms with Gasteiger partial charge in [0.1, 0.15) is 5.82 Å². The van der Waals surface area contributed by atoms with Crippen molar-refractivity contribution in [2.75, 3.05) is 25.1 Å². The summed E-state index contributed by atoms with van der Waals surface area (Å²) in [6.45, 7) is 5.17. The number of carboxylic acids is 1. The second-order valence-electron chi connectivity index (χ2n) is 4.82. The van der Waals surface area contributed by atoms with Crippen LogP contribution in [0.3, 0.4) is 0 Å². The number of carbonyl (C=O) groups is 2. The summed E-state index contributed by atoms with van der Waals surface area (Å²) in [5, 5.41) is 13.6. The molecule has 0 spiro atoms.